The van der Waals surface area contributed by atoms with Gasteiger partial charge in [0.1, 0.15) is 0 Å². The molecule has 1 saturated heterocycles. The van der Waals surface area contributed by atoms with Crippen LogP contribution in [-0.2, 0) is 20.8 Å². The van der Waals surface area contributed by atoms with Crippen LogP contribution >= 0.6 is 0 Å². The maximum Gasteiger partial charge on any atom is 0.260 e. The van der Waals surface area contributed by atoms with Crippen molar-refractivity contribution in [1.82, 2.24) is 20.0 Å². The molecule has 1 aromatic rings. The first-order chi connectivity index (χ1) is 14.0. The Balaban J connectivity index is 1.23. The summed E-state index contributed by atoms with van der Waals surface area (Å²) in [6.45, 7) is 2.89. The molecule has 1 aliphatic carbocycles. The minimum atomic E-state index is -0.323. The van der Waals surface area contributed by atoms with E-state index in [-0.39, 0.29) is 43.0 Å². The van der Waals surface area contributed by atoms with Gasteiger partial charge in [0.2, 0.25) is 17.7 Å². The van der Waals surface area contributed by atoms with Gasteiger partial charge in [0.25, 0.3) is 5.91 Å². The average molecular weight is 398 g/mol. The third kappa shape index (κ3) is 4.64. The second kappa shape index (κ2) is 8.32. The maximum atomic E-state index is 12.6. The molecule has 8 heteroatoms. The number of nitrogens with one attached hydrogen (secondary N) is 1. The van der Waals surface area contributed by atoms with E-state index in [2.05, 4.69) is 10.2 Å². The average Bonchev–Trinajstić information content (AvgIpc) is 3.52. The molecule has 0 aromatic heterocycles. The van der Waals surface area contributed by atoms with E-state index < -0.39 is 0 Å². The van der Waals surface area contributed by atoms with Crippen LogP contribution in [-0.4, -0.2) is 83.6 Å². The number of imide groups is 1. The van der Waals surface area contributed by atoms with Crippen LogP contribution in [0.1, 0.15) is 35.2 Å². The summed E-state index contributed by atoms with van der Waals surface area (Å²) in [5, 5.41) is 2.98. The van der Waals surface area contributed by atoms with Gasteiger partial charge in [-0.1, -0.05) is 18.2 Å². The zero-order chi connectivity index (χ0) is 20.4. The number of carbonyl (C=O) groups excluding carboxylic acids is 4. The zero-order valence-corrected chi connectivity index (χ0v) is 16.4. The Labute approximate surface area is 169 Å². The van der Waals surface area contributed by atoms with Crippen LogP contribution in [0.5, 0.6) is 0 Å². The molecule has 29 heavy (non-hydrogen) atoms. The summed E-state index contributed by atoms with van der Waals surface area (Å²) < 4.78 is 0. The molecular weight excluding hydrogens is 372 g/mol. The number of hydrogen-bond donors (Lipinski definition) is 1. The van der Waals surface area contributed by atoms with Gasteiger partial charge in [-0.2, -0.15) is 0 Å². The second-order valence-electron chi connectivity index (χ2n) is 7.93. The number of nitrogens with zero attached hydrogens (tertiary/aromatic N) is 3. The van der Waals surface area contributed by atoms with Gasteiger partial charge in [-0.25, -0.2) is 0 Å². The molecular formula is C21H26N4O4. The lowest BCUT2D eigenvalue weighted by molar-refractivity contribution is -0.134. The molecule has 0 bridgehead atoms. The summed E-state index contributed by atoms with van der Waals surface area (Å²) in [4.78, 5) is 54.4. The molecule has 2 aliphatic heterocycles. The van der Waals surface area contributed by atoms with Crippen molar-refractivity contribution in [3.63, 3.8) is 0 Å². The van der Waals surface area contributed by atoms with Crippen LogP contribution in [0.4, 0.5) is 0 Å². The molecule has 154 valence electrons. The Morgan fingerprint density at radius 2 is 1.76 bits per heavy atom. The van der Waals surface area contributed by atoms with Crippen molar-refractivity contribution < 1.29 is 19.2 Å². The highest BCUT2D eigenvalue weighted by Crippen LogP contribution is 2.20. The zero-order valence-electron chi connectivity index (χ0n) is 16.4. The van der Waals surface area contributed by atoms with Gasteiger partial charge in [-0.15, -0.1) is 0 Å². The third-order valence-corrected chi connectivity index (χ3v) is 5.72. The van der Waals surface area contributed by atoms with Gasteiger partial charge >= 0.3 is 0 Å². The van der Waals surface area contributed by atoms with Crippen molar-refractivity contribution in [2.45, 2.75) is 31.7 Å². The molecule has 4 rings (SSSR count). The summed E-state index contributed by atoms with van der Waals surface area (Å²) in [5.74, 6) is -0.592. The summed E-state index contributed by atoms with van der Waals surface area (Å²) in [6, 6.07) is 7.46. The topological polar surface area (TPSA) is 90.0 Å². The van der Waals surface area contributed by atoms with E-state index in [0.29, 0.717) is 44.3 Å². The molecule has 3 aliphatic rings. The predicted molar refractivity (Wildman–Crippen MR) is 105 cm³/mol. The Hall–Kier alpha value is -2.74. The normalized spacial score (nSPS) is 19.9. The van der Waals surface area contributed by atoms with Gasteiger partial charge in [0.05, 0.1) is 13.0 Å². The van der Waals surface area contributed by atoms with Crippen molar-refractivity contribution >= 4 is 23.6 Å². The number of fused-ring (bicyclic) bond motifs is 1. The van der Waals surface area contributed by atoms with E-state index in [9.17, 15) is 19.2 Å². The highest BCUT2D eigenvalue weighted by atomic mass is 16.2. The lowest BCUT2D eigenvalue weighted by Gasteiger charge is -2.35. The van der Waals surface area contributed by atoms with Gasteiger partial charge in [-0.05, 0) is 24.5 Å². The molecule has 2 heterocycles. The summed E-state index contributed by atoms with van der Waals surface area (Å²) >= 11 is 0. The smallest absolute Gasteiger partial charge is 0.260 e. The van der Waals surface area contributed by atoms with Crippen molar-refractivity contribution in [3.05, 3.63) is 35.4 Å². The fourth-order valence-corrected chi connectivity index (χ4v) is 3.85. The molecule has 8 nitrogen and oxygen atoms in total. The van der Waals surface area contributed by atoms with E-state index in [1.54, 1.807) is 23.1 Å². The van der Waals surface area contributed by atoms with Crippen LogP contribution in [0.15, 0.2) is 24.3 Å². The molecule has 1 aromatic carbocycles. The molecule has 0 radical (unpaired) electrons. The van der Waals surface area contributed by atoms with E-state index in [1.807, 2.05) is 6.07 Å². The molecule has 0 spiro atoms. The number of piperazine rings is 1. The molecule has 4 amide bonds. The minimum Gasteiger partial charge on any atom is -0.352 e. The van der Waals surface area contributed by atoms with Crippen molar-refractivity contribution in [1.29, 1.82) is 0 Å². The van der Waals surface area contributed by atoms with Gasteiger partial charge in [-0.3, -0.25) is 29.0 Å². The van der Waals surface area contributed by atoms with E-state index in [1.165, 1.54) is 4.90 Å². The van der Waals surface area contributed by atoms with E-state index in [0.717, 1.165) is 18.4 Å². The number of carbonyl (C=O) groups is 4. The number of amides is 4. The monoisotopic (exact) mass is 398 g/mol. The van der Waals surface area contributed by atoms with E-state index in [4.69, 9.17) is 0 Å². The number of hydrogen-bond acceptors (Lipinski definition) is 5. The lowest BCUT2D eigenvalue weighted by Crippen LogP contribution is -2.52. The molecule has 0 atom stereocenters. The lowest BCUT2D eigenvalue weighted by atomic mass is 9.98. The number of rotatable bonds is 6. The first kappa shape index (κ1) is 19.6. The largest absolute Gasteiger partial charge is 0.352 e. The van der Waals surface area contributed by atoms with Crippen molar-refractivity contribution in [2.24, 2.45) is 0 Å². The van der Waals surface area contributed by atoms with Gasteiger partial charge < -0.3 is 10.2 Å². The fourth-order valence-electron chi connectivity index (χ4n) is 3.85. The highest BCUT2D eigenvalue weighted by Gasteiger charge is 2.31. The van der Waals surface area contributed by atoms with E-state index >= 15 is 0 Å². The second-order valence-corrected chi connectivity index (χ2v) is 7.93. The number of benzene rings is 1. The first-order valence-corrected chi connectivity index (χ1v) is 10.2. The molecule has 2 fully saturated rings. The first-order valence-electron chi connectivity index (χ1n) is 10.2. The van der Waals surface area contributed by atoms with Crippen LogP contribution in [0.25, 0.3) is 0 Å². The van der Waals surface area contributed by atoms with Crippen molar-refractivity contribution in [2.75, 3.05) is 39.3 Å². The Bertz CT molecular complexity index is 828. The fraction of sp³-hybridized carbons (Fsp3) is 0.524. The van der Waals surface area contributed by atoms with Crippen LogP contribution in [0.3, 0.4) is 0 Å². The quantitative estimate of drug-likeness (QED) is 0.683. The Morgan fingerprint density at radius 1 is 1.03 bits per heavy atom. The minimum absolute atomic E-state index is 0.0506. The summed E-state index contributed by atoms with van der Waals surface area (Å²) in [5.41, 5.74) is 1.28. The highest BCUT2D eigenvalue weighted by molar-refractivity contribution is 6.09. The van der Waals surface area contributed by atoms with Crippen molar-refractivity contribution in [3.8, 4) is 0 Å². The molecule has 1 N–H and O–H groups in total. The molecule has 0 unspecified atom stereocenters. The van der Waals surface area contributed by atoms with Gasteiger partial charge in [0, 0.05) is 50.7 Å². The summed E-state index contributed by atoms with van der Waals surface area (Å²) in [6.07, 6.45) is 2.46. The molecule has 1 saturated carbocycles. The standard InChI is InChI=1S/C21H26N4O4/c26-18(22-16-5-6-16)14-23-9-11-24(12-10-23)19(27)7-8-25-20(28)13-15-3-1-2-4-17(15)21(25)29/h1-4,16H,5-14H2,(H,22,26). The van der Waals surface area contributed by atoms with Gasteiger partial charge in [0.15, 0.2) is 0 Å². The predicted octanol–water partition coefficient (Wildman–Crippen LogP) is 0.0244. The maximum absolute atomic E-state index is 12.6. The summed E-state index contributed by atoms with van der Waals surface area (Å²) in [7, 11) is 0. The third-order valence-electron chi connectivity index (χ3n) is 5.72. The SMILES string of the molecule is O=C(CN1CCN(C(=O)CCN2C(=O)Cc3ccccc3C2=O)CC1)NC1CC1. The van der Waals surface area contributed by atoms with Crippen LogP contribution < -0.4 is 5.32 Å². The van der Waals surface area contributed by atoms with Crippen LogP contribution in [0.2, 0.25) is 0 Å². The Kier molecular flexibility index (Phi) is 5.62. The van der Waals surface area contributed by atoms with Crippen LogP contribution in [0, 0.1) is 0 Å². The Morgan fingerprint density at radius 3 is 2.48 bits per heavy atom.